The summed E-state index contributed by atoms with van der Waals surface area (Å²) >= 11 is 3.28. The number of hydrogen-bond donors (Lipinski definition) is 1. The van der Waals surface area contributed by atoms with E-state index >= 15 is 0 Å². The van der Waals surface area contributed by atoms with Gasteiger partial charge in [-0.25, -0.2) is 0 Å². The summed E-state index contributed by atoms with van der Waals surface area (Å²) in [5, 5.41) is 20.1. The van der Waals surface area contributed by atoms with Crippen LogP contribution < -0.4 is 0 Å². The van der Waals surface area contributed by atoms with Crippen LogP contribution in [0.15, 0.2) is 22.7 Å². The van der Waals surface area contributed by atoms with Crippen LogP contribution in [0.3, 0.4) is 0 Å². The van der Waals surface area contributed by atoms with Gasteiger partial charge in [-0.3, -0.25) is 15.0 Å². The maximum atomic E-state index is 11.1. The fourth-order valence-electron chi connectivity index (χ4n) is 2.82. The van der Waals surface area contributed by atoms with Crippen molar-refractivity contribution >= 4 is 21.6 Å². The summed E-state index contributed by atoms with van der Waals surface area (Å²) in [7, 11) is 0. The second-order valence-electron chi connectivity index (χ2n) is 5.16. The minimum absolute atomic E-state index is 0.173. The molecule has 20 heavy (non-hydrogen) atoms. The fourth-order valence-corrected chi connectivity index (χ4v) is 3.17. The van der Waals surface area contributed by atoms with Crippen LogP contribution in [0.5, 0.6) is 0 Å². The zero-order valence-corrected chi connectivity index (χ0v) is 12.9. The Kier molecular flexibility index (Phi) is 5.51. The van der Waals surface area contributed by atoms with Crippen molar-refractivity contribution in [1.82, 2.24) is 4.90 Å². The number of benzene rings is 1. The van der Waals surface area contributed by atoms with E-state index in [0.717, 1.165) is 42.3 Å². The molecule has 0 spiro atoms. The number of likely N-dealkylation sites (tertiary alicyclic amines) is 1. The molecular formula is C14H19BrN2O3. The van der Waals surface area contributed by atoms with E-state index in [4.69, 9.17) is 5.11 Å². The Hall–Kier alpha value is -0.980. The Morgan fingerprint density at radius 2 is 2.30 bits per heavy atom. The van der Waals surface area contributed by atoms with Gasteiger partial charge in [-0.2, -0.15) is 0 Å². The summed E-state index contributed by atoms with van der Waals surface area (Å²) in [4.78, 5) is 13.1. The van der Waals surface area contributed by atoms with Gasteiger partial charge in [0.05, 0.1) is 4.92 Å². The van der Waals surface area contributed by atoms with E-state index in [1.165, 1.54) is 0 Å². The van der Waals surface area contributed by atoms with Gasteiger partial charge in [0, 0.05) is 35.3 Å². The average molecular weight is 343 g/mol. The van der Waals surface area contributed by atoms with E-state index < -0.39 is 0 Å². The van der Waals surface area contributed by atoms with Crippen molar-refractivity contribution in [2.75, 3.05) is 13.2 Å². The predicted octanol–water partition coefficient (Wildman–Crippen LogP) is 3.09. The average Bonchev–Trinajstić information content (AvgIpc) is 2.85. The summed E-state index contributed by atoms with van der Waals surface area (Å²) in [5.41, 5.74) is 0.932. The topological polar surface area (TPSA) is 66.6 Å². The molecule has 0 radical (unpaired) electrons. The maximum absolute atomic E-state index is 11.1. The molecule has 0 aromatic heterocycles. The molecule has 1 aliphatic heterocycles. The highest BCUT2D eigenvalue weighted by molar-refractivity contribution is 9.10. The molecule has 110 valence electrons. The van der Waals surface area contributed by atoms with Gasteiger partial charge in [0.15, 0.2) is 0 Å². The van der Waals surface area contributed by atoms with E-state index in [0.29, 0.717) is 12.6 Å². The van der Waals surface area contributed by atoms with Crippen LogP contribution in [0.2, 0.25) is 0 Å². The van der Waals surface area contributed by atoms with Crippen LogP contribution >= 0.6 is 15.9 Å². The minimum atomic E-state index is -0.321. The van der Waals surface area contributed by atoms with Gasteiger partial charge in [0.2, 0.25) is 0 Å². The number of aliphatic hydroxyl groups is 1. The summed E-state index contributed by atoms with van der Waals surface area (Å²) in [6, 6.07) is 5.67. The molecule has 6 heteroatoms. The maximum Gasteiger partial charge on any atom is 0.275 e. The third-order valence-corrected chi connectivity index (χ3v) is 4.31. The number of hydrogen-bond acceptors (Lipinski definition) is 4. The molecule has 1 N–H and O–H groups in total. The standard InChI is InChI=1S/C14H19BrN2O3/c15-12-6-5-11(14(9-12)17(19)20)10-16-7-1-3-13(16)4-2-8-18/h5-6,9,13,18H,1-4,7-8,10H2. The van der Waals surface area contributed by atoms with E-state index in [9.17, 15) is 10.1 Å². The number of nitro benzene ring substituents is 1. The van der Waals surface area contributed by atoms with Crippen LogP contribution in [0.25, 0.3) is 0 Å². The monoisotopic (exact) mass is 342 g/mol. The van der Waals surface area contributed by atoms with Crippen LogP contribution in [-0.2, 0) is 6.54 Å². The van der Waals surface area contributed by atoms with E-state index in [-0.39, 0.29) is 17.2 Å². The largest absolute Gasteiger partial charge is 0.396 e. The molecule has 2 rings (SSSR count). The van der Waals surface area contributed by atoms with Crippen molar-refractivity contribution < 1.29 is 10.0 Å². The summed E-state index contributed by atoms with van der Waals surface area (Å²) < 4.78 is 0.728. The second kappa shape index (κ2) is 7.15. The highest BCUT2D eigenvalue weighted by Gasteiger charge is 2.26. The zero-order chi connectivity index (χ0) is 14.5. The molecule has 1 aliphatic rings. The summed E-state index contributed by atoms with van der Waals surface area (Å²) in [5.74, 6) is 0. The third-order valence-electron chi connectivity index (χ3n) is 3.81. The van der Waals surface area contributed by atoms with Gasteiger partial charge in [-0.15, -0.1) is 0 Å². The molecule has 1 aromatic rings. The first-order valence-corrected chi connectivity index (χ1v) is 7.69. The predicted molar refractivity (Wildman–Crippen MR) is 80.5 cm³/mol. The number of halogens is 1. The van der Waals surface area contributed by atoms with Crippen molar-refractivity contribution in [3.05, 3.63) is 38.3 Å². The van der Waals surface area contributed by atoms with E-state index in [1.54, 1.807) is 6.07 Å². The van der Waals surface area contributed by atoms with Gasteiger partial charge in [0.1, 0.15) is 0 Å². The second-order valence-corrected chi connectivity index (χ2v) is 6.08. The van der Waals surface area contributed by atoms with Gasteiger partial charge >= 0.3 is 0 Å². The highest BCUT2D eigenvalue weighted by atomic mass is 79.9. The smallest absolute Gasteiger partial charge is 0.275 e. The molecule has 0 saturated carbocycles. The van der Waals surface area contributed by atoms with Crippen molar-refractivity contribution in [3.63, 3.8) is 0 Å². The molecule has 1 unspecified atom stereocenters. The van der Waals surface area contributed by atoms with Gasteiger partial charge in [-0.05, 0) is 44.4 Å². The Morgan fingerprint density at radius 1 is 1.50 bits per heavy atom. The summed E-state index contributed by atoms with van der Waals surface area (Å²) in [6.07, 6.45) is 4.00. The Bertz CT molecular complexity index is 481. The molecule has 0 aliphatic carbocycles. The number of aliphatic hydroxyl groups excluding tert-OH is 1. The summed E-state index contributed by atoms with van der Waals surface area (Å²) in [6.45, 7) is 1.80. The van der Waals surface area contributed by atoms with Crippen molar-refractivity contribution in [2.24, 2.45) is 0 Å². The zero-order valence-electron chi connectivity index (χ0n) is 11.3. The van der Waals surface area contributed by atoms with Gasteiger partial charge in [0.25, 0.3) is 5.69 Å². The molecule has 1 atom stereocenters. The van der Waals surface area contributed by atoms with Crippen LogP contribution in [0.1, 0.15) is 31.2 Å². The van der Waals surface area contributed by atoms with E-state index in [2.05, 4.69) is 20.8 Å². The molecule has 1 aromatic carbocycles. The van der Waals surface area contributed by atoms with Gasteiger partial charge < -0.3 is 5.11 Å². The van der Waals surface area contributed by atoms with Crippen molar-refractivity contribution in [1.29, 1.82) is 0 Å². The molecule has 1 saturated heterocycles. The van der Waals surface area contributed by atoms with E-state index in [1.807, 2.05) is 12.1 Å². The molecule has 1 heterocycles. The minimum Gasteiger partial charge on any atom is -0.396 e. The Balaban J connectivity index is 2.11. The molecule has 0 amide bonds. The molecular weight excluding hydrogens is 324 g/mol. The SMILES string of the molecule is O=[N+]([O-])c1cc(Br)ccc1CN1CCCC1CCCO. The van der Waals surface area contributed by atoms with Crippen LogP contribution in [0.4, 0.5) is 5.69 Å². The lowest BCUT2D eigenvalue weighted by molar-refractivity contribution is -0.385. The molecule has 1 fully saturated rings. The quantitative estimate of drug-likeness (QED) is 0.637. The number of nitrogens with zero attached hydrogens (tertiary/aromatic N) is 2. The Morgan fingerprint density at radius 3 is 3.00 bits per heavy atom. The number of rotatable bonds is 6. The van der Waals surface area contributed by atoms with Gasteiger partial charge in [-0.1, -0.05) is 15.9 Å². The fraction of sp³-hybridized carbons (Fsp3) is 0.571. The third kappa shape index (κ3) is 3.77. The molecule has 0 bridgehead atoms. The van der Waals surface area contributed by atoms with Crippen molar-refractivity contribution in [3.8, 4) is 0 Å². The lowest BCUT2D eigenvalue weighted by Gasteiger charge is -2.24. The highest BCUT2D eigenvalue weighted by Crippen LogP contribution is 2.29. The first-order chi connectivity index (χ1) is 9.61. The Labute approximate surface area is 126 Å². The first-order valence-electron chi connectivity index (χ1n) is 6.89. The first kappa shape index (κ1) is 15.4. The van der Waals surface area contributed by atoms with Crippen molar-refractivity contribution in [2.45, 2.75) is 38.3 Å². The van der Waals surface area contributed by atoms with Crippen LogP contribution in [-0.4, -0.2) is 34.1 Å². The lowest BCUT2D eigenvalue weighted by atomic mass is 10.1. The van der Waals surface area contributed by atoms with Crippen LogP contribution in [0, 0.1) is 10.1 Å². The normalized spacial score (nSPS) is 19.4. The number of nitro groups is 1. The molecule has 5 nitrogen and oxygen atoms in total. The lowest BCUT2D eigenvalue weighted by Crippen LogP contribution is -2.29.